The normalized spacial score (nSPS) is 8.89. The zero-order valence-electron chi connectivity index (χ0n) is 9.61. The molecule has 0 saturated heterocycles. The topological polar surface area (TPSA) is 105 Å². The Kier molecular flexibility index (Phi) is 5.05. The summed E-state index contributed by atoms with van der Waals surface area (Å²) in [5, 5.41) is 15.4. The highest BCUT2D eigenvalue weighted by Crippen LogP contribution is 1.93. The predicted molar refractivity (Wildman–Crippen MR) is 65.2 cm³/mol. The molecule has 92 valence electrons. The molecular formula is C13H13N3O2. The highest BCUT2D eigenvalue weighted by molar-refractivity contribution is 5.92. The van der Waals surface area contributed by atoms with Crippen LogP contribution in [-0.2, 0) is 0 Å². The molecule has 0 aliphatic heterocycles. The summed E-state index contributed by atoms with van der Waals surface area (Å²) in [7, 11) is 0. The van der Waals surface area contributed by atoms with Gasteiger partial charge in [0.05, 0.1) is 11.5 Å². The van der Waals surface area contributed by atoms with E-state index in [4.69, 9.17) is 11.1 Å². The minimum Gasteiger partial charge on any atom is -0.545 e. The second-order valence-corrected chi connectivity index (χ2v) is 3.35. The Bertz CT molecular complexity index is 463. The Morgan fingerprint density at radius 2 is 1.72 bits per heavy atom. The fourth-order valence-corrected chi connectivity index (χ4v) is 1.11. The highest BCUT2D eigenvalue weighted by Gasteiger charge is 1.95. The van der Waals surface area contributed by atoms with Gasteiger partial charge in [-0.25, -0.2) is 0 Å². The average Bonchev–Trinajstić information content (AvgIpc) is 2.41. The van der Waals surface area contributed by atoms with Gasteiger partial charge in [-0.3, -0.25) is 16.1 Å². The SMILES string of the molecule is NC(=[NH2+])c1ccccc1.O=C([O-])c1cccnc1. The van der Waals surface area contributed by atoms with Crippen LogP contribution in [0.5, 0.6) is 0 Å². The van der Waals surface area contributed by atoms with E-state index in [2.05, 4.69) is 4.98 Å². The molecule has 0 aliphatic carbocycles. The number of nitrogens with zero attached hydrogens (tertiary/aromatic N) is 1. The first-order chi connectivity index (χ1) is 8.61. The van der Waals surface area contributed by atoms with Crippen LogP contribution in [0.4, 0.5) is 0 Å². The van der Waals surface area contributed by atoms with Crippen molar-refractivity contribution < 1.29 is 15.3 Å². The van der Waals surface area contributed by atoms with E-state index in [0.717, 1.165) is 5.56 Å². The largest absolute Gasteiger partial charge is 0.545 e. The quantitative estimate of drug-likeness (QED) is 0.499. The van der Waals surface area contributed by atoms with Gasteiger partial charge in [-0.2, -0.15) is 0 Å². The lowest BCUT2D eigenvalue weighted by atomic mass is 10.2. The first kappa shape index (κ1) is 13.4. The number of carbonyl (C=O) groups excluding carboxylic acids is 1. The van der Waals surface area contributed by atoms with E-state index in [1.54, 1.807) is 6.07 Å². The molecule has 0 bridgehead atoms. The van der Waals surface area contributed by atoms with Gasteiger partial charge in [-0.05, 0) is 18.2 Å². The van der Waals surface area contributed by atoms with Crippen LogP contribution < -0.4 is 16.2 Å². The van der Waals surface area contributed by atoms with Crippen LogP contribution in [0.25, 0.3) is 0 Å². The summed E-state index contributed by atoms with van der Waals surface area (Å²) in [5.41, 5.74) is 6.30. The number of aromatic nitrogens is 1. The van der Waals surface area contributed by atoms with Gasteiger partial charge in [-0.15, -0.1) is 0 Å². The maximum atomic E-state index is 10.0. The van der Waals surface area contributed by atoms with Gasteiger partial charge in [0.1, 0.15) is 0 Å². The molecule has 2 aromatic rings. The van der Waals surface area contributed by atoms with Gasteiger partial charge >= 0.3 is 0 Å². The van der Waals surface area contributed by atoms with Crippen molar-refractivity contribution in [1.82, 2.24) is 4.98 Å². The van der Waals surface area contributed by atoms with Crippen molar-refractivity contribution in [3.63, 3.8) is 0 Å². The Labute approximate surface area is 104 Å². The van der Waals surface area contributed by atoms with E-state index in [9.17, 15) is 9.90 Å². The van der Waals surface area contributed by atoms with Crippen molar-refractivity contribution in [3.05, 3.63) is 66.0 Å². The molecule has 0 unspecified atom stereocenters. The standard InChI is InChI=1S/C7H8N2.C6H5NO2/c8-7(9)6-4-2-1-3-5-6;8-6(9)5-2-1-3-7-4-5/h1-5H,(H3,8,9);1-4H,(H,8,9). The number of carboxylic acid groups (broad SMARTS) is 1. The Morgan fingerprint density at radius 3 is 2.06 bits per heavy atom. The third-order valence-corrected chi connectivity index (χ3v) is 2.00. The van der Waals surface area contributed by atoms with Crippen molar-refractivity contribution in [2.24, 2.45) is 5.73 Å². The monoisotopic (exact) mass is 243 g/mol. The zero-order valence-corrected chi connectivity index (χ0v) is 9.61. The molecule has 5 nitrogen and oxygen atoms in total. The highest BCUT2D eigenvalue weighted by atomic mass is 16.4. The Morgan fingerprint density at radius 1 is 1.11 bits per heavy atom. The molecule has 0 aliphatic rings. The fraction of sp³-hybridized carbons (Fsp3) is 0. The van der Waals surface area contributed by atoms with E-state index in [1.165, 1.54) is 18.5 Å². The van der Waals surface area contributed by atoms with E-state index in [-0.39, 0.29) is 5.56 Å². The molecule has 1 aromatic heterocycles. The molecule has 0 atom stereocenters. The molecule has 5 heteroatoms. The van der Waals surface area contributed by atoms with Crippen molar-refractivity contribution >= 4 is 11.8 Å². The number of aromatic carboxylic acids is 1. The number of hydrogen-bond acceptors (Lipinski definition) is 3. The zero-order chi connectivity index (χ0) is 13.4. The molecular weight excluding hydrogens is 230 g/mol. The number of amidine groups is 1. The van der Waals surface area contributed by atoms with E-state index < -0.39 is 5.97 Å². The summed E-state index contributed by atoms with van der Waals surface area (Å²) in [6.07, 6.45) is 2.75. The van der Waals surface area contributed by atoms with Gasteiger partial charge < -0.3 is 9.90 Å². The predicted octanol–water partition coefficient (Wildman–Crippen LogP) is -1.40. The number of carbonyl (C=O) groups is 1. The minimum absolute atomic E-state index is 0.109. The van der Waals surface area contributed by atoms with Crippen LogP contribution >= 0.6 is 0 Å². The first-order valence-electron chi connectivity index (χ1n) is 5.16. The molecule has 0 amide bonds. The lowest BCUT2D eigenvalue weighted by molar-refractivity contribution is -0.255. The van der Waals surface area contributed by atoms with Crippen molar-refractivity contribution in [2.75, 3.05) is 0 Å². The Hall–Kier alpha value is -2.69. The number of carboxylic acids is 1. The van der Waals surface area contributed by atoms with E-state index >= 15 is 0 Å². The van der Waals surface area contributed by atoms with Gasteiger partial charge in [-0.1, -0.05) is 24.3 Å². The number of hydrogen-bond donors (Lipinski definition) is 2. The van der Waals surface area contributed by atoms with Gasteiger partial charge in [0.15, 0.2) is 0 Å². The summed E-state index contributed by atoms with van der Waals surface area (Å²) in [6, 6.07) is 12.4. The van der Waals surface area contributed by atoms with Gasteiger partial charge in [0.2, 0.25) is 0 Å². The average molecular weight is 243 g/mol. The summed E-state index contributed by atoms with van der Waals surface area (Å²) in [5.74, 6) is -0.821. The molecule has 0 spiro atoms. The second-order valence-electron chi connectivity index (χ2n) is 3.35. The molecule has 18 heavy (non-hydrogen) atoms. The third kappa shape index (κ3) is 4.44. The van der Waals surface area contributed by atoms with Crippen molar-refractivity contribution in [3.8, 4) is 0 Å². The maximum absolute atomic E-state index is 10.0. The maximum Gasteiger partial charge on any atom is 0.270 e. The number of benzene rings is 1. The molecule has 0 radical (unpaired) electrons. The van der Waals surface area contributed by atoms with Crippen molar-refractivity contribution in [1.29, 1.82) is 0 Å². The first-order valence-corrected chi connectivity index (χ1v) is 5.16. The molecule has 0 saturated carbocycles. The summed E-state index contributed by atoms with van der Waals surface area (Å²) in [6.45, 7) is 0. The summed E-state index contributed by atoms with van der Waals surface area (Å²) < 4.78 is 0. The van der Waals surface area contributed by atoms with Crippen LogP contribution in [0.15, 0.2) is 54.9 Å². The fourth-order valence-electron chi connectivity index (χ4n) is 1.11. The van der Waals surface area contributed by atoms with Crippen LogP contribution in [0.3, 0.4) is 0 Å². The number of pyridine rings is 1. The lowest BCUT2D eigenvalue weighted by Crippen LogP contribution is -2.46. The second kappa shape index (κ2) is 6.80. The van der Waals surface area contributed by atoms with E-state index in [0.29, 0.717) is 5.84 Å². The van der Waals surface area contributed by atoms with E-state index in [1.807, 2.05) is 30.3 Å². The molecule has 1 heterocycles. The van der Waals surface area contributed by atoms with Crippen LogP contribution in [0.2, 0.25) is 0 Å². The smallest absolute Gasteiger partial charge is 0.270 e. The van der Waals surface area contributed by atoms with Gasteiger partial charge in [0, 0.05) is 18.0 Å². The van der Waals surface area contributed by atoms with Crippen LogP contribution in [0.1, 0.15) is 15.9 Å². The van der Waals surface area contributed by atoms with Crippen molar-refractivity contribution in [2.45, 2.75) is 0 Å². The summed E-state index contributed by atoms with van der Waals surface area (Å²) in [4.78, 5) is 13.6. The van der Waals surface area contributed by atoms with Crippen LogP contribution in [0, 0.1) is 0 Å². The Balaban J connectivity index is 0.000000180. The number of nitrogens with two attached hydrogens (primary N) is 2. The molecule has 0 fully saturated rings. The van der Waals surface area contributed by atoms with Crippen LogP contribution in [-0.4, -0.2) is 16.8 Å². The van der Waals surface area contributed by atoms with Gasteiger partial charge in [0.25, 0.3) is 5.84 Å². The number of rotatable bonds is 2. The molecule has 1 aromatic carbocycles. The molecule has 2 rings (SSSR count). The lowest BCUT2D eigenvalue weighted by Gasteiger charge is -1.97. The molecule has 4 N–H and O–H groups in total. The minimum atomic E-state index is -1.19. The summed E-state index contributed by atoms with van der Waals surface area (Å²) >= 11 is 0. The third-order valence-electron chi connectivity index (χ3n) is 2.00.